The summed E-state index contributed by atoms with van der Waals surface area (Å²) in [6, 6.07) is 21.9. The summed E-state index contributed by atoms with van der Waals surface area (Å²) >= 11 is 0. The van der Waals surface area contributed by atoms with Crippen LogP contribution >= 0.6 is 0 Å². The highest BCUT2D eigenvalue weighted by Crippen LogP contribution is 2.28. The lowest BCUT2D eigenvalue weighted by Crippen LogP contribution is -2.17. The Bertz CT molecular complexity index is 1100. The van der Waals surface area contributed by atoms with E-state index in [0.29, 0.717) is 29.4 Å². The smallest absolute Gasteiger partial charge is 0.265 e. The quantitative estimate of drug-likeness (QED) is 0.290. The van der Waals surface area contributed by atoms with Gasteiger partial charge in [0.1, 0.15) is 6.61 Å². The first kappa shape index (κ1) is 22.6. The molecule has 0 aliphatic carbocycles. The average molecular weight is 432 g/mol. The van der Waals surface area contributed by atoms with Gasteiger partial charge in [-0.05, 0) is 42.8 Å². The fourth-order valence-electron chi connectivity index (χ4n) is 2.83. The number of oxime groups is 1. The molecular formula is C25H24N2O5. The molecule has 0 bridgehead atoms. The van der Waals surface area contributed by atoms with E-state index in [9.17, 15) is 9.59 Å². The highest BCUT2D eigenvalue weighted by atomic mass is 16.6. The van der Waals surface area contributed by atoms with Crippen LogP contribution in [0.1, 0.15) is 28.4 Å². The van der Waals surface area contributed by atoms with Crippen LogP contribution in [0.2, 0.25) is 0 Å². The highest BCUT2D eigenvalue weighted by molar-refractivity contribution is 5.97. The molecule has 0 fully saturated rings. The highest BCUT2D eigenvalue weighted by Gasteiger charge is 2.07. The zero-order chi connectivity index (χ0) is 22.8. The number of methoxy groups -OCH3 is 1. The van der Waals surface area contributed by atoms with Gasteiger partial charge in [0.15, 0.2) is 23.9 Å². The van der Waals surface area contributed by atoms with Crippen molar-refractivity contribution in [3.8, 4) is 11.5 Å². The lowest BCUT2D eigenvalue weighted by atomic mass is 10.1. The molecule has 0 saturated carbocycles. The third-order valence-electron chi connectivity index (χ3n) is 4.45. The minimum Gasteiger partial charge on any atom is -0.493 e. The van der Waals surface area contributed by atoms with Gasteiger partial charge < -0.3 is 19.6 Å². The third kappa shape index (κ3) is 6.70. The Balaban J connectivity index is 1.51. The van der Waals surface area contributed by atoms with Crippen molar-refractivity contribution in [2.24, 2.45) is 5.16 Å². The van der Waals surface area contributed by atoms with E-state index in [4.69, 9.17) is 14.3 Å². The van der Waals surface area contributed by atoms with Gasteiger partial charge in [-0.1, -0.05) is 47.6 Å². The van der Waals surface area contributed by atoms with Crippen LogP contribution in [0.5, 0.6) is 11.5 Å². The molecule has 0 aromatic heterocycles. The van der Waals surface area contributed by atoms with Gasteiger partial charge in [-0.25, -0.2) is 0 Å². The fraction of sp³-hybridized carbons (Fsp3) is 0.160. The van der Waals surface area contributed by atoms with E-state index in [2.05, 4.69) is 10.5 Å². The SMILES string of the molecule is COc1cc(/C=N\OCC(=O)Nc2cccc(C(C)=O)c2)ccc1OCc1ccccc1. The number of anilines is 1. The maximum absolute atomic E-state index is 12.0. The maximum atomic E-state index is 12.0. The van der Waals surface area contributed by atoms with Gasteiger partial charge in [-0.15, -0.1) is 0 Å². The topological polar surface area (TPSA) is 86.2 Å². The molecular weight excluding hydrogens is 408 g/mol. The molecule has 0 aliphatic heterocycles. The molecule has 7 nitrogen and oxygen atoms in total. The van der Waals surface area contributed by atoms with Crippen LogP contribution in [-0.4, -0.2) is 31.6 Å². The summed E-state index contributed by atoms with van der Waals surface area (Å²) in [7, 11) is 1.56. The van der Waals surface area contributed by atoms with Crippen molar-refractivity contribution in [2.45, 2.75) is 13.5 Å². The van der Waals surface area contributed by atoms with Gasteiger partial charge in [-0.3, -0.25) is 9.59 Å². The van der Waals surface area contributed by atoms with Gasteiger partial charge >= 0.3 is 0 Å². The summed E-state index contributed by atoms with van der Waals surface area (Å²) in [4.78, 5) is 28.5. The Morgan fingerprint density at radius 2 is 1.78 bits per heavy atom. The number of ether oxygens (including phenoxy) is 2. The van der Waals surface area contributed by atoms with Gasteiger partial charge in [0.25, 0.3) is 5.91 Å². The Morgan fingerprint density at radius 3 is 2.53 bits per heavy atom. The van der Waals surface area contributed by atoms with E-state index in [-0.39, 0.29) is 18.3 Å². The molecule has 32 heavy (non-hydrogen) atoms. The lowest BCUT2D eigenvalue weighted by Gasteiger charge is -2.11. The van der Waals surface area contributed by atoms with Crippen LogP contribution in [0.3, 0.4) is 0 Å². The number of rotatable bonds is 10. The van der Waals surface area contributed by atoms with Crippen LogP contribution in [0, 0.1) is 0 Å². The standard InChI is InChI=1S/C25H24N2O5/c1-18(28)21-9-6-10-22(14-21)27-25(29)17-32-26-15-20-11-12-23(24(13-20)30-2)31-16-19-7-4-3-5-8-19/h3-15H,16-17H2,1-2H3,(H,27,29)/b26-15-. The number of hydrogen-bond acceptors (Lipinski definition) is 6. The second-order valence-corrected chi connectivity index (χ2v) is 6.88. The van der Waals surface area contributed by atoms with E-state index < -0.39 is 0 Å². The van der Waals surface area contributed by atoms with Crippen molar-refractivity contribution in [1.82, 2.24) is 0 Å². The molecule has 3 aromatic carbocycles. The van der Waals surface area contributed by atoms with Crippen molar-refractivity contribution in [2.75, 3.05) is 19.0 Å². The number of nitrogens with zero attached hydrogens (tertiary/aromatic N) is 1. The predicted molar refractivity (Wildman–Crippen MR) is 122 cm³/mol. The van der Waals surface area contributed by atoms with E-state index in [1.165, 1.54) is 13.1 Å². The molecule has 7 heteroatoms. The van der Waals surface area contributed by atoms with Gasteiger partial charge in [0.05, 0.1) is 13.3 Å². The van der Waals surface area contributed by atoms with E-state index in [0.717, 1.165) is 11.1 Å². The zero-order valence-electron chi connectivity index (χ0n) is 17.9. The normalized spacial score (nSPS) is 10.6. The predicted octanol–water partition coefficient (Wildman–Crippen LogP) is 4.47. The number of hydrogen-bond donors (Lipinski definition) is 1. The monoisotopic (exact) mass is 432 g/mol. The molecule has 0 heterocycles. The summed E-state index contributed by atoms with van der Waals surface area (Å²) < 4.78 is 11.2. The number of nitrogens with one attached hydrogen (secondary N) is 1. The molecule has 0 unspecified atom stereocenters. The van der Waals surface area contributed by atoms with Crippen LogP contribution in [0.25, 0.3) is 0 Å². The minimum atomic E-state index is -0.384. The van der Waals surface area contributed by atoms with Gasteiger partial charge in [-0.2, -0.15) is 0 Å². The second kappa shape index (κ2) is 11.3. The summed E-state index contributed by atoms with van der Waals surface area (Å²) in [5, 5.41) is 6.49. The van der Waals surface area contributed by atoms with Crippen LogP contribution < -0.4 is 14.8 Å². The Hall–Kier alpha value is -4.13. The number of Topliss-reactive ketones (excluding diaryl/α,β-unsaturated/α-hetero) is 1. The number of benzene rings is 3. The summed E-state index contributed by atoms with van der Waals surface area (Å²) in [6.07, 6.45) is 1.48. The molecule has 0 radical (unpaired) electrons. The Kier molecular flexibility index (Phi) is 7.97. The number of carbonyl (C=O) groups is 2. The van der Waals surface area contributed by atoms with Crippen molar-refractivity contribution >= 4 is 23.6 Å². The number of ketones is 1. The molecule has 1 N–H and O–H groups in total. The molecule has 1 amide bonds. The third-order valence-corrected chi connectivity index (χ3v) is 4.45. The molecule has 0 saturated heterocycles. The molecule has 3 aromatic rings. The molecule has 164 valence electrons. The Morgan fingerprint density at radius 1 is 0.969 bits per heavy atom. The summed E-state index contributed by atoms with van der Waals surface area (Å²) in [6.45, 7) is 1.63. The van der Waals surface area contributed by atoms with E-state index in [1.807, 2.05) is 36.4 Å². The van der Waals surface area contributed by atoms with Crippen LogP contribution in [0.15, 0.2) is 78.0 Å². The first-order valence-electron chi connectivity index (χ1n) is 9.96. The number of amides is 1. The van der Waals surface area contributed by atoms with Crippen LogP contribution in [0.4, 0.5) is 5.69 Å². The molecule has 0 spiro atoms. The first-order valence-corrected chi connectivity index (χ1v) is 9.96. The van der Waals surface area contributed by atoms with Gasteiger partial charge in [0.2, 0.25) is 0 Å². The van der Waals surface area contributed by atoms with Crippen LogP contribution in [-0.2, 0) is 16.2 Å². The Labute approximate surface area is 186 Å². The summed E-state index contributed by atoms with van der Waals surface area (Å²) in [5.41, 5.74) is 2.82. The van der Waals surface area contributed by atoms with Crippen molar-refractivity contribution < 1.29 is 23.9 Å². The second-order valence-electron chi connectivity index (χ2n) is 6.88. The summed E-state index contributed by atoms with van der Waals surface area (Å²) in [5.74, 6) is 0.716. The zero-order valence-corrected chi connectivity index (χ0v) is 17.9. The van der Waals surface area contributed by atoms with Crippen molar-refractivity contribution in [3.05, 3.63) is 89.5 Å². The van der Waals surface area contributed by atoms with Crippen molar-refractivity contribution in [1.29, 1.82) is 0 Å². The fourth-order valence-corrected chi connectivity index (χ4v) is 2.83. The number of carbonyl (C=O) groups excluding carboxylic acids is 2. The van der Waals surface area contributed by atoms with E-state index in [1.54, 1.807) is 43.5 Å². The van der Waals surface area contributed by atoms with Crippen molar-refractivity contribution in [3.63, 3.8) is 0 Å². The molecule has 3 rings (SSSR count). The largest absolute Gasteiger partial charge is 0.493 e. The molecule has 0 aliphatic rings. The average Bonchev–Trinajstić information content (AvgIpc) is 2.81. The van der Waals surface area contributed by atoms with E-state index >= 15 is 0 Å². The minimum absolute atomic E-state index is 0.0751. The maximum Gasteiger partial charge on any atom is 0.265 e. The lowest BCUT2D eigenvalue weighted by molar-refractivity contribution is -0.120. The first-order chi connectivity index (χ1) is 15.5. The van der Waals surface area contributed by atoms with Gasteiger partial charge in [0, 0.05) is 16.8 Å². The molecule has 0 atom stereocenters.